The van der Waals surface area contributed by atoms with E-state index in [0.717, 1.165) is 46.7 Å². The molecule has 1 amide bonds. The molecule has 4 heterocycles. The van der Waals surface area contributed by atoms with Gasteiger partial charge in [-0.25, -0.2) is 0 Å². The number of hydrogen-bond donors (Lipinski definition) is 1. The maximum Gasteiger partial charge on any atom is 0.224 e. The second-order valence-electron chi connectivity index (χ2n) is 6.89. The van der Waals surface area contributed by atoms with E-state index in [1.54, 1.807) is 11.3 Å². The van der Waals surface area contributed by atoms with Crippen LogP contribution in [0.1, 0.15) is 30.7 Å². The van der Waals surface area contributed by atoms with Gasteiger partial charge in [0, 0.05) is 33.0 Å². The fourth-order valence-electron chi connectivity index (χ4n) is 3.39. The van der Waals surface area contributed by atoms with E-state index in [4.69, 9.17) is 4.42 Å². The van der Waals surface area contributed by atoms with E-state index in [-0.39, 0.29) is 5.91 Å². The number of aromatic nitrogens is 2. The van der Waals surface area contributed by atoms with Gasteiger partial charge in [-0.2, -0.15) is 5.10 Å². The number of aryl methyl sites for hydroxylation is 2. The minimum absolute atomic E-state index is 0.0133. The summed E-state index contributed by atoms with van der Waals surface area (Å²) >= 11 is 1.65. The predicted molar refractivity (Wildman–Crippen MR) is 108 cm³/mol. The topological polar surface area (TPSA) is 63.3 Å². The number of amides is 1. The van der Waals surface area contributed by atoms with E-state index in [9.17, 15) is 4.79 Å². The molecule has 1 aliphatic rings. The Labute approximate surface area is 162 Å². The molecule has 0 radical (unpaired) electrons. The number of furan rings is 1. The zero-order chi connectivity index (χ0) is 18.8. The number of nitrogens with zero attached hydrogens (tertiary/aromatic N) is 3. The summed E-state index contributed by atoms with van der Waals surface area (Å²) in [5.74, 6) is 2.57. The molecule has 4 rings (SSSR count). The average Bonchev–Trinajstić information content (AvgIpc) is 3.44. The maximum absolute atomic E-state index is 12.5. The first kappa shape index (κ1) is 17.9. The highest BCUT2D eigenvalue weighted by molar-refractivity contribution is 7.13. The van der Waals surface area contributed by atoms with Crippen molar-refractivity contribution in [3.05, 3.63) is 41.1 Å². The Balaban J connectivity index is 1.40. The molecule has 142 valence electrons. The number of carbonyl (C=O) groups is 1. The number of anilines is 2. The first-order valence-electron chi connectivity index (χ1n) is 9.33. The lowest BCUT2D eigenvalue weighted by atomic mass is 10.2. The lowest BCUT2D eigenvalue weighted by Gasteiger charge is -2.16. The van der Waals surface area contributed by atoms with Crippen LogP contribution in [0, 0.1) is 6.92 Å². The Morgan fingerprint density at radius 3 is 2.85 bits per heavy atom. The third-order valence-electron chi connectivity index (χ3n) is 5.01. The van der Waals surface area contributed by atoms with Crippen molar-refractivity contribution < 1.29 is 9.21 Å². The van der Waals surface area contributed by atoms with E-state index in [2.05, 4.69) is 15.3 Å². The van der Waals surface area contributed by atoms with Crippen molar-refractivity contribution in [3.8, 4) is 10.6 Å². The van der Waals surface area contributed by atoms with Crippen molar-refractivity contribution in [3.63, 3.8) is 0 Å². The largest absolute Gasteiger partial charge is 0.460 e. The zero-order valence-electron chi connectivity index (χ0n) is 15.7. The summed E-state index contributed by atoms with van der Waals surface area (Å²) < 4.78 is 7.70. The summed E-state index contributed by atoms with van der Waals surface area (Å²) in [5, 5.41) is 9.71. The van der Waals surface area contributed by atoms with E-state index >= 15 is 0 Å². The van der Waals surface area contributed by atoms with Crippen LogP contribution in [-0.4, -0.2) is 28.8 Å². The van der Waals surface area contributed by atoms with Crippen LogP contribution in [0.15, 0.2) is 34.1 Å². The Bertz CT molecular complexity index is 920. The van der Waals surface area contributed by atoms with Gasteiger partial charge in [0.2, 0.25) is 5.91 Å². The van der Waals surface area contributed by atoms with Gasteiger partial charge in [-0.1, -0.05) is 6.07 Å². The highest BCUT2D eigenvalue weighted by Gasteiger charge is 2.23. The summed E-state index contributed by atoms with van der Waals surface area (Å²) in [6.45, 7) is 3.98. The molecular weight excluding hydrogens is 360 g/mol. The van der Waals surface area contributed by atoms with Gasteiger partial charge in [0.1, 0.15) is 17.2 Å². The molecule has 6 nitrogen and oxygen atoms in total. The molecule has 1 fully saturated rings. The van der Waals surface area contributed by atoms with Gasteiger partial charge in [-0.15, -0.1) is 11.3 Å². The van der Waals surface area contributed by atoms with E-state index in [1.807, 2.05) is 48.3 Å². The van der Waals surface area contributed by atoms with E-state index < -0.39 is 0 Å². The second kappa shape index (κ2) is 7.60. The predicted octanol–water partition coefficient (Wildman–Crippen LogP) is 4.22. The Morgan fingerprint density at radius 2 is 2.11 bits per heavy atom. The molecule has 3 aromatic heterocycles. The number of rotatable bonds is 6. The lowest BCUT2D eigenvalue weighted by molar-refractivity contribution is -0.116. The third kappa shape index (κ3) is 3.78. The van der Waals surface area contributed by atoms with Gasteiger partial charge < -0.3 is 14.6 Å². The molecular formula is C20H24N4O2S. The number of hydrogen-bond acceptors (Lipinski definition) is 5. The van der Waals surface area contributed by atoms with Crippen LogP contribution >= 0.6 is 11.3 Å². The molecule has 0 spiro atoms. The highest BCUT2D eigenvalue weighted by atomic mass is 32.1. The van der Waals surface area contributed by atoms with Crippen LogP contribution in [0.2, 0.25) is 0 Å². The van der Waals surface area contributed by atoms with Crippen LogP contribution in [0.5, 0.6) is 0 Å². The second-order valence-corrected chi connectivity index (χ2v) is 7.84. The van der Waals surface area contributed by atoms with Gasteiger partial charge in [0.15, 0.2) is 5.82 Å². The minimum Gasteiger partial charge on any atom is -0.460 e. The van der Waals surface area contributed by atoms with Gasteiger partial charge >= 0.3 is 0 Å². The SMILES string of the molecule is Cc1c(NC(=O)CCc2ccc(-c3cccs3)o2)c(N2CCCC2)nn1C. The van der Waals surface area contributed by atoms with E-state index in [0.29, 0.717) is 12.8 Å². The van der Waals surface area contributed by atoms with Gasteiger partial charge in [-0.05, 0) is 43.3 Å². The van der Waals surface area contributed by atoms with Crippen molar-refractivity contribution in [2.75, 3.05) is 23.3 Å². The zero-order valence-corrected chi connectivity index (χ0v) is 16.5. The minimum atomic E-state index is -0.0133. The van der Waals surface area contributed by atoms with E-state index in [1.165, 1.54) is 12.8 Å². The normalized spacial score (nSPS) is 14.1. The molecule has 27 heavy (non-hydrogen) atoms. The van der Waals surface area contributed by atoms with Crippen LogP contribution in [0.25, 0.3) is 10.6 Å². The van der Waals surface area contributed by atoms with Gasteiger partial charge in [0.25, 0.3) is 0 Å². The van der Waals surface area contributed by atoms with Crippen molar-refractivity contribution in [1.29, 1.82) is 0 Å². The monoisotopic (exact) mass is 384 g/mol. The number of thiophene rings is 1. The fraction of sp³-hybridized carbons (Fsp3) is 0.400. The summed E-state index contributed by atoms with van der Waals surface area (Å²) in [4.78, 5) is 15.9. The van der Waals surface area contributed by atoms with Gasteiger partial charge in [0.05, 0.1) is 10.6 Å². The lowest BCUT2D eigenvalue weighted by Crippen LogP contribution is -2.21. The molecule has 0 atom stereocenters. The van der Waals surface area contributed by atoms with Gasteiger partial charge in [-0.3, -0.25) is 9.48 Å². The van der Waals surface area contributed by atoms with Crippen molar-refractivity contribution in [2.24, 2.45) is 7.05 Å². The van der Waals surface area contributed by atoms with Crippen LogP contribution in [0.4, 0.5) is 11.5 Å². The summed E-state index contributed by atoms with van der Waals surface area (Å²) in [6, 6.07) is 7.96. The average molecular weight is 385 g/mol. The molecule has 0 aromatic carbocycles. The third-order valence-corrected chi connectivity index (χ3v) is 5.89. The molecule has 1 saturated heterocycles. The molecule has 0 aliphatic carbocycles. The van der Waals surface area contributed by atoms with Crippen molar-refractivity contribution in [2.45, 2.75) is 32.6 Å². The number of nitrogens with one attached hydrogen (secondary N) is 1. The standard InChI is InChI=1S/C20H24N4O2S/c1-14-19(20(22-23(14)2)24-11-3-4-12-24)21-18(25)10-8-15-7-9-16(26-15)17-6-5-13-27-17/h5-7,9,13H,3-4,8,10-12H2,1-2H3,(H,21,25). The first-order chi connectivity index (χ1) is 13.1. The van der Waals surface area contributed by atoms with Crippen molar-refractivity contribution >= 4 is 28.7 Å². The molecule has 1 aliphatic heterocycles. The van der Waals surface area contributed by atoms with Crippen LogP contribution in [0.3, 0.4) is 0 Å². The summed E-state index contributed by atoms with van der Waals surface area (Å²) in [7, 11) is 1.92. The summed E-state index contributed by atoms with van der Waals surface area (Å²) in [5.41, 5.74) is 1.81. The molecule has 0 saturated carbocycles. The van der Waals surface area contributed by atoms with Crippen molar-refractivity contribution in [1.82, 2.24) is 9.78 Å². The quantitative estimate of drug-likeness (QED) is 0.691. The molecule has 3 aromatic rings. The number of carbonyl (C=O) groups excluding carboxylic acids is 1. The van der Waals surface area contributed by atoms with Crippen LogP contribution < -0.4 is 10.2 Å². The molecule has 0 unspecified atom stereocenters. The first-order valence-corrected chi connectivity index (χ1v) is 10.2. The Kier molecular flexibility index (Phi) is 5.03. The summed E-state index contributed by atoms with van der Waals surface area (Å²) in [6.07, 6.45) is 3.31. The fourth-order valence-corrected chi connectivity index (χ4v) is 4.08. The Morgan fingerprint density at radius 1 is 1.30 bits per heavy atom. The molecule has 0 bridgehead atoms. The smallest absolute Gasteiger partial charge is 0.224 e. The maximum atomic E-state index is 12.5. The van der Waals surface area contributed by atoms with Crippen LogP contribution in [-0.2, 0) is 18.3 Å². The Hall–Kier alpha value is -2.54. The highest BCUT2D eigenvalue weighted by Crippen LogP contribution is 2.31. The molecule has 7 heteroatoms. The molecule has 1 N–H and O–H groups in total.